The predicted molar refractivity (Wildman–Crippen MR) is 114 cm³/mol. The predicted octanol–water partition coefficient (Wildman–Crippen LogP) is 2.88. The van der Waals surface area contributed by atoms with Crippen molar-refractivity contribution in [2.45, 2.75) is 47.2 Å². The van der Waals surface area contributed by atoms with E-state index in [0.29, 0.717) is 12.6 Å². The summed E-state index contributed by atoms with van der Waals surface area (Å²) in [4.78, 5) is 6.78. The topological polar surface area (TPSA) is 57.5 Å². The zero-order valence-corrected chi connectivity index (χ0v) is 17.6. The van der Waals surface area contributed by atoms with Crippen LogP contribution in [0.1, 0.15) is 37.7 Å². The number of nitrogens with one attached hydrogen (secondary N) is 2. The van der Waals surface area contributed by atoms with Crippen LogP contribution in [0, 0.1) is 13.8 Å². The number of likely N-dealkylation sites (N-methyl/N-ethyl adjacent to an activating group) is 1. The van der Waals surface area contributed by atoms with Crippen LogP contribution in [0.5, 0.6) is 0 Å². The Morgan fingerprint density at radius 3 is 2.56 bits per heavy atom. The molecule has 6 heteroatoms. The maximum atomic E-state index is 4.62. The molecule has 1 aromatic carbocycles. The highest BCUT2D eigenvalue weighted by Gasteiger charge is 2.10. The number of aryl methyl sites for hydroxylation is 2. The number of benzene rings is 1. The van der Waals surface area contributed by atoms with Gasteiger partial charge in [0.05, 0.1) is 11.4 Å². The molecule has 0 bridgehead atoms. The molecule has 0 spiro atoms. The minimum atomic E-state index is 0.555. The third kappa shape index (κ3) is 5.82. The van der Waals surface area contributed by atoms with E-state index in [9.17, 15) is 0 Å². The highest BCUT2D eigenvalue weighted by atomic mass is 15.3. The lowest BCUT2D eigenvalue weighted by atomic mass is 10.1. The quantitative estimate of drug-likeness (QED) is 0.554. The molecule has 0 radical (unpaired) electrons. The standard InChI is InChI=1S/C21H34N6/c1-7-26(16(2)3)13-12-23-21(22-6)24-15-19-10-8-9-11-20(19)27-18(5)14-17(4)25-27/h8-11,14,16H,7,12-13,15H2,1-6H3,(H2,22,23,24). The monoisotopic (exact) mass is 370 g/mol. The van der Waals surface area contributed by atoms with Crippen molar-refractivity contribution in [1.82, 2.24) is 25.3 Å². The first kappa shape index (κ1) is 21.0. The fourth-order valence-electron chi connectivity index (χ4n) is 3.24. The van der Waals surface area contributed by atoms with Crippen LogP contribution in [0.15, 0.2) is 35.3 Å². The minimum absolute atomic E-state index is 0.555. The Hall–Kier alpha value is -2.34. The van der Waals surface area contributed by atoms with Gasteiger partial charge in [0.1, 0.15) is 0 Å². The first-order chi connectivity index (χ1) is 13.0. The maximum Gasteiger partial charge on any atom is 0.191 e. The summed E-state index contributed by atoms with van der Waals surface area (Å²) in [5.74, 6) is 0.818. The van der Waals surface area contributed by atoms with Gasteiger partial charge in [0.15, 0.2) is 5.96 Å². The first-order valence-electron chi connectivity index (χ1n) is 9.76. The van der Waals surface area contributed by atoms with Crippen molar-refractivity contribution in [1.29, 1.82) is 0 Å². The van der Waals surface area contributed by atoms with E-state index in [2.05, 4.69) is 77.6 Å². The molecule has 0 saturated heterocycles. The molecule has 6 nitrogen and oxygen atoms in total. The molecule has 2 aromatic rings. The molecule has 2 rings (SSSR count). The fourth-order valence-corrected chi connectivity index (χ4v) is 3.24. The van der Waals surface area contributed by atoms with Gasteiger partial charge >= 0.3 is 0 Å². The van der Waals surface area contributed by atoms with Crippen molar-refractivity contribution in [3.8, 4) is 5.69 Å². The van der Waals surface area contributed by atoms with Gasteiger partial charge < -0.3 is 10.6 Å². The number of guanidine groups is 1. The maximum absolute atomic E-state index is 4.62. The number of hydrogen-bond donors (Lipinski definition) is 2. The Labute approximate surface area is 163 Å². The third-order valence-corrected chi connectivity index (χ3v) is 4.73. The molecule has 0 fully saturated rings. The largest absolute Gasteiger partial charge is 0.355 e. The summed E-state index contributed by atoms with van der Waals surface area (Å²) in [5.41, 5.74) is 4.45. The molecule has 148 valence electrons. The van der Waals surface area contributed by atoms with Crippen LogP contribution in [-0.2, 0) is 6.54 Å². The van der Waals surface area contributed by atoms with Crippen molar-refractivity contribution >= 4 is 5.96 Å². The minimum Gasteiger partial charge on any atom is -0.355 e. The van der Waals surface area contributed by atoms with E-state index in [4.69, 9.17) is 0 Å². The van der Waals surface area contributed by atoms with E-state index < -0.39 is 0 Å². The summed E-state index contributed by atoms with van der Waals surface area (Å²) in [6.07, 6.45) is 0. The highest BCUT2D eigenvalue weighted by molar-refractivity contribution is 5.79. The molecule has 0 atom stereocenters. The van der Waals surface area contributed by atoms with Crippen LogP contribution >= 0.6 is 0 Å². The Bertz CT molecular complexity index is 747. The van der Waals surface area contributed by atoms with E-state index in [1.807, 2.05) is 24.7 Å². The van der Waals surface area contributed by atoms with Gasteiger partial charge in [-0.2, -0.15) is 5.10 Å². The Kier molecular flexibility index (Phi) is 7.85. The number of aromatic nitrogens is 2. The molecule has 0 saturated carbocycles. The van der Waals surface area contributed by atoms with Crippen LogP contribution in [0.4, 0.5) is 0 Å². The Morgan fingerprint density at radius 1 is 1.22 bits per heavy atom. The van der Waals surface area contributed by atoms with Gasteiger partial charge in [-0.25, -0.2) is 4.68 Å². The molecule has 0 aliphatic rings. The van der Waals surface area contributed by atoms with E-state index in [-0.39, 0.29) is 0 Å². The molecular formula is C21H34N6. The van der Waals surface area contributed by atoms with Crippen molar-refractivity contribution in [2.75, 3.05) is 26.7 Å². The lowest BCUT2D eigenvalue weighted by molar-refractivity contribution is 0.237. The zero-order valence-electron chi connectivity index (χ0n) is 17.6. The molecule has 0 unspecified atom stereocenters. The average Bonchev–Trinajstić information content (AvgIpc) is 2.99. The van der Waals surface area contributed by atoms with Gasteiger partial charge in [0.25, 0.3) is 0 Å². The van der Waals surface area contributed by atoms with E-state index in [1.165, 1.54) is 5.56 Å². The number of hydrogen-bond acceptors (Lipinski definition) is 3. The molecule has 2 N–H and O–H groups in total. The van der Waals surface area contributed by atoms with Gasteiger partial charge in [0, 0.05) is 38.4 Å². The van der Waals surface area contributed by atoms with Crippen LogP contribution in [-0.4, -0.2) is 53.4 Å². The van der Waals surface area contributed by atoms with Crippen molar-refractivity contribution in [3.63, 3.8) is 0 Å². The number of aliphatic imine (C=N–C) groups is 1. The van der Waals surface area contributed by atoms with Crippen LogP contribution in [0.25, 0.3) is 5.69 Å². The van der Waals surface area contributed by atoms with E-state index >= 15 is 0 Å². The summed E-state index contributed by atoms with van der Waals surface area (Å²) in [6.45, 7) is 14.4. The van der Waals surface area contributed by atoms with Crippen molar-refractivity contribution in [3.05, 3.63) is 47.3 Å². The lowest BCUT2D eigenvalue weighted by Crippen LogP contribution is -2.42. The second kappa shape index (κ2) is 10.1. The fraction of sp³-hybridized carbons (Fsp3) is 0.524. The van der Waals surface area contributed by atoms with Crippen LogP contribution in [0.2, 0.25) is 0 Å². The molecule has 0 aliphatic heterocycles. The summed E-state index contributed by atoms with van der Waals surface area (Å²) < 4.78 is 2.00. The van der Waals surface area contributed by atoms with E-state index in [0.717, 1.165) is 42.7 Å². The molecule has 1 heterocycles. The molecule has 0 aliphatic carbocycles. The SMILES string of the molecule is CCN(CCNC(=NC)NCc1ccccc1-n1nc(C)cc1C)C(C)C. The average molecular weight is 371 g/mol. The van der Waals surface area contributed by atoms with Gasteiger partial charge in [-0.1, -0.05) is 25.1 Å². The summed E-state index contributed by atoms with van der Waals surface area (Å²) in [6, 6.07) is 11.0. The molecular weight excluding hydrogens is 336 g/mol. The molecule has 27 heavy (non-hydrogen) atoms. The van der Waals surface area contributed by atoms with Crippen LogP contribution in [0.3, 0.4) is 0 Å². The normalized spacial score (nSPS) is 12.1. The van der Waals surface area contributed by atoms with Gasteiger partial charge in [-0.3, -0.25) is 9.89 Å². The number of para-hydroxylation sites is 1. The van der Waals surface area contributed by atoms with Crippen LogP contribution < -0.4 is 10.6 Å². The highest BCUT2D eigenvalue weighted by Crippen LogP contribution is 2.16. The Balaban J connectivity index is 1.98. The van der Waals surface area contributed by atoms with Gasteiger partial charge in [-0.05, 0) is 51.9 Å². The van der Waals surface area contributed by atoms with Gasteiger partial charge in [-0.15, -0.1) is 0 Å². The first-order valence-corrected chi connectivity index (χ1v) is 9.76. The third-order valence-electron chi connectivity index (χ3n) is 4.73. The second-order valence-electron chi connectivity index (χ2n) is 7.04. The number of nitrogens with zero attached hydrogens (tertiary/aromatic N) is 4. The van der Waals surface area contributed by atoms with E-state index in [1.54, 1.807) is 0 Å². The summed E-state index contributed by atoms with van der Waals surface area (Å²) >= 11 is 0. The zero-order chi connectivity index (χ0) is 19.8. The lowest BCUT2D eigenvalue weighted by Gasteiger charge is -2.25. The molecule has 0 amide bonds. The van der Waals surface area contributed by atoms with Crippen molar-refractivity contribution in [2.24, 2.45) is 4.99 Å². The van der Waals surface area contributed by atoms with Gasteiger partial charge in [0.2, 0.25) is 0 Å². The molecule has 1 aromatic heterocycles. The number of rotatable bonds is 8. The summed E-state index contributed by atoms with van der Waals surface area (Å²) in [5, 5.41) is 11.5. The Morgan fingerprint density at radius 2 is 1.96 bits per heavy atom. The van der Waals surface area contributed by atoms with Crippen molar-refractivity contribution < 1.29 is 0 Å². The summed E-state index contributed by atoms with van der Waals surface area (Å²) in [7, 11) is 1.81. The second-order valence-corrected chi connectivity index (χ2v) is 7.04. The smallest absolute Gasteiger partial charge is 0.191 e.